The van der Waals surface area contributed by atoms with Crippen LogP contribution in [0, 0.1) is 0 Å². The van der Waals surface area contributed by atoms with E-state index in [1.165, 1.54) is 0 Å². The fourth-order valence-corrected chi connectivity index (χ4v) is 2.46. The smallest absolute Gasteiger partial charge is 0.412 e. The van der Waals surface area contributed by atoms with Crippen LogP contribution in [0.2, 0.25) is 0 Å². The molecule has 1 aromatic heterocycles. The standard InChI is InChI=1S/C13H17BrN2O2/c1-13(2,3)18-12(17)16-11-8-5-4-6-10(8)15-7-9(11)14/h7H,4-6H2,1-3H3,(H,15,16,17). The van der Waals surface area contributed by atoms with Crippen LogP contribution in [0.4, 0.5) is 10.5 Å². The van der Waals surface area contributed by atoms with E-state index in [0.717, 1.165) is 40.7 Å². The van der Waals surface area contributed by atoms with E-state index in [0.29, 0.717) is 0 Å². The molecule has 0 spiro atoms. The minimum Gasteiger partial charge on any atom is -0.444 e. The average Bonchev–Trinajstić information content (AvgIpc) is 2.67. The molecule has 1 amide bonds. The number of ether oxygens (including phenoxy) is 1. The van der Waals surface area contributed by atoms with Gasteiger partial charge in [-0.3, -0.25) is 10.3 Å². The summed E-state index contributed by atoms with van der Waals surface area (Å²) < 4.78 is 6.07. The molecule has 0 saturated carbocycles. The summed E-state index contributed by atoms with van der Waals surface area (Å²) in [7, 11) is 0. The highest BCUT2D eigenvalue weighted by Gasteiger charge is 2.22. The van der Waals surface area contributed by atoms with Gasteiger partial charge in [0, 0.05) is 11.9 Å². The van der Waals surface area contributed by atoms with E-state index in [4.69, 9.17) is 4.74 Å². The molecule has 1 N–H and O–H groups in total. The number of halogens is 1. The van der Waals surface area contributed by atoms with Crippen molar-refractivity contribution >= 4 is 27.7 Å². The van der Waals surface area contributed by atoms with Crippen LogP contribution in [0.25, 0.3) is 0 Å². The van der Waals surface area contributed by atoms with Gasteiger partial charge in [0.2, 0.25) is 0 Å². The topological polar surface area (TPSA) is 51.2 Å². The van der Waals surface area contributed by atoms with Gasteiger partial charge in [-0.1, -0.05) is 0 Å². The molecular weight excluding hydrogens is 296 g/mol. The molecule has 0 saturated heterocycles. The lowest BCUT2D eigenvalue weighted by Crippen LogP contribution is -2.27. The van der Waals surface area contributed by atoms with Crippen LogP contribution < -0.4 is 5.32 Å². The number of nitrogens with zero attached hydrogens (tertiary/aromatic N) is 1. The van der Waals surface area contributed by atoms with Crippen molar-refractivity contribution in [1.82, 2.24) is 4.98 Å². The first kappa shape index (κ1) is 13.3. The number of rotatable bonds is 1. The second-order valence-corrected chi connectivity index (χ2v) is 6.24. The summed E-state index contributed by atoms with van der Waals surface area (Å²) in [5.41, 5.74) is 2.50. The molecule has 1 heterocycles. The van der Waals surface area contributed by atoms with Crippen molar-refractivity contribution in [2.75, 3.05) is 5.32 Å². The van der Waals surface area contributed by atoms with Crippen molar-refractivity contribution in [3.8, 4) is 0 Å². The van der Waals surface area contributed by atoms with Gasteiger partial charge in [0.1, 0.15) is 5.60 Å². The number of pyridine rings is 1. The number of hydrogen-bond donors (Lipinski definition) is 1. The van der Waals surface area contributed by atoms with Gasteiger partial charge in [0.05, 0.1) is 10.2 Å². The summed E-state index contributed by atoms with van der Waals surface area (Å²) in [5, 5.41) is 2.82. The average molecular weight is 313 g/mol. The lowest BCUT2D eigenvalue weighted by Gasteiger charge is -2.20. The van der Waals surface area contributed by atoms with Crippen LogP contribution in [0.1, 0.15) is 38.4 Å². The molecule has 0 bridgehead atoms. The molecule has 18 heavy (non-hydrogen) atoms. The van der Waals surface area contributed by atoms with E-state index in [9.17, 15) is 4.79 Å². The van der Waals surface area contributed by atoms with Crippen molar-refractivity contribution < 1.29 is 9.53 Å². The Bertz CT molecular complexity index is 481. The molecule has 4 nitrogen and oxygen atoms in total. The summed E-state index contributed by atoms with van der Waals surface area (Å²) in [6, 6.07) is 0. The minimum atomic E-state index is -0.493. The molecule has 0 aromatic carbocycles. The van der Waals surface area contributed by atoms with Crippen LogP contribution in [0.15, 0.2) is 10.7 Å². The SMILES string of the molecule is CC(C)(C)OC(=O)Nc1c(Br)cnc2c1CCC2. The molecular formula is C13H17BrN2O2. The Hall–Kier alpha value is -1.10. The molecule has 0 aliphatic heterocycles. The maximum atomic E-state index is 11.8. The van der Waals surface area contributed by atoms with E-state index in [-0.39, 0.29) is 0 Å². The number of nitrogens with one attached hydrogen (secondary N) is 1. The van der Waals surface area contributed by atoms with Gasteiger partial charge in [-0.2, -0.15) is 0 Å². The molecule has 1 aliphatic carbocycles. The van der Waals surface area contributed by atoms with Gasteiger partial charge in [-0.25, -0.2) is 4.79 Å². The van der Waals surface area contributed by atoms with Crippen molar-refractivity contribution in [3.63, 3.8) is 0 Å². The third-order valence-electron chi connectivity index (χ3n) is 2.69. The third-order valence-corrected chi connectivity index (χ3v) is 3.29. The number of aromatic nitrogens is 1. The van der Waals surface area contributed by atoms with E-state index >= 15 is 0 Å². The van der Waals surface area contributed by atoms with Gasteiger partial charge in [0.25, 0.3) is 0 Å². The van der Waals surface area contributed by atoms with Gasteiger partial charge in [0.15, 0.2) is 0 Å². The van der Waals surface area contributed by atoms with Crippen LogP contribution in [0.5, 0.6) is 0 Å². The van der Waals surface area contributed by atoms with Crippen LogP contribution in [-0.2, 0) is 17.6 Å². The first-order valence-corrected chi connectivity index (χ1v) is 6.82. The molecule has 2 rings (SSSR count). The zero-order valence-corrected chi connectivity index (χ0v) is 12.4. The lowest BCUT2D eigenvalue weighted by molar-refractivity contribution is 0.0635. The molecule has 1 aliphatic rings. The van der Waals surface area contributed by atoms with Crippen molar-refractivity contribution in [2.45, 2.75) is 45.6 Å². The molecule has 98 valence electrons. The molecule has 0 unspecified atom stereocenters. The zero-order chi connectivity index (χ0) is 13.3. The normalized spacial score (nSPS) is 14.2. The van der Waals surface area contributed by atoms with Crippen LogP contribution >= 0.6 is 15.9 Å². The second kappa shape index (κ2) is 4.88. The Morgan fingerprint density at radius 1 is 1.44 bits per heavy atom. The highest BCUT2D eigenvalue weighted by atomic mass is 79.9. The first-order chi connectivity index (χ1) is 8.37. The zero-order valence-electron chi connectivity index (χ0n) is 10.8. The molecule has 0 fully saturated rings. The number of hydrogen-bond acceptors (Lipinski definition) is 3. The van der Waals surface area contributed by atoms with E-state index in [1.54, 1.807) is 6.20 Å². The van der Waals surface area contributed by atoms with Crippen molar-refractivity contribution in [2.24, 2.45) is 0 Å². The van der Waals surface area contributed by atoms with Gasteiger partial charge in [-0.15, -0.1) is 0 Å². The van der Waals surface area contributed by atoms with Gasteiger partial charge in [-0.05, 0) is 61.5 Å². The maximum absolute atomic E-state index is 11.8. The third kappa shape index (κ3) is 3.02. The molecule has 5 heteroatoms. The van der Waals surface area contributed by atoms with Crippen molar-refractivity contribution in [3.05, 3.63) is 21.9 Å². The first-order valence-electron chi connectivity index (χ1n) is 6.03. The van der Waals surface area contributed by atoms with Gasteiger partial charge < -0.3 is 4.74 Å². The predicted octanol–water partition coefficient (Wildman–Crippen LogP) is 3.68. The summed E-state index contributed by atoms with van der Waals surface area (Å²) in [4.78, 5) is 16.2. The summed E-state index contributed by atoms with van der Waals surface area (Å²) in [6.07, 6.45) is 4.32. The number of aryl methyl sites for hydroxylation is 1. The Morgan fingerprint density at radius 2 is 2.17 bits per heavy atom. The lowest BCUT2D eigenvalue weighted by atomic mass is 10.2. The van der Waals surface area contributed by atoms with Crippen LogP contribution in [0.3, 0.4) is 0 Å². The number of carbonyl (C=O) groups is 1. The van der Waals surface area contributed by atoms with Crippen molar-refractivity contribution in [1.29, 1.82) is 0 Å². The second-order valence-electron chi connectivity index (χ2n) is 5.39. The monoisotopic (exact) mass is 312 g/mol. The summed E-state index contributed by atoms with van der Waals surface area (Å²) in [5.74, 6) is 0. The largest absolute Gasteiger partial charge is 0.444 e. The number of carbonyl (C=O) groups excluding carboxylic acids is 1. The highest BCUT2D eigenvalue weighted by molar-refractivity contribution is 9.10. The predicted molar refractivity (Wildman–Crippen MR) is 73.8 cm³/mol. The van der Waals surface area contributed by atoms with E-state index < -0.39 is 11.7 Å². The maximum Gasteiger partial charge on any atom is 0.412 e. The number of fused-ring (bicyclic) bond motifs is 1. The molecule has 1 aromatic rings. The number of amides is 1. The highest BCUT2D eigenvalue weighted by Crippen LogP contribution is 2.33. The Morgan fingerprint density at radius 3 is 2.83 bits per heavy atom. The summed E-state index contributed by atoms with van der Waals surface area (Å²) in [6.45, 7) is 5.54. The van der Waals surface area contributed by atoms with Crippen LogP contribution in [-0.4, -0.2) is 16.7 Å². The fraction of sp³-hybridized carbons (Fsp3) is 0.538. The van der Waals surface area contributed by atoms with E-state index in [2.05, 4.69) is 26.2 Å². The number of anilines is 1. The summed E-state index contributed by atoms with van der Waals surface area (Å²) >= 11 is 3.43. The Balaban J connectivity index is 2.19. The van der Waals surface area contributed by atoms with E-state index in [1.807, 2.05) is 20.8 Å². The Kier molecular flexibility index (Phi) is 3.61. The fourth-order valence-electron chi connectivity index (χ4n) is 2.02. The van der Waals surface area contributed by atoms with Gasteiger partial charge >= 0.3 is 6.09 Å². The molecule has 0 atom stereocenters. The quantitative estimate of drug-likeness (QED) is 0.860. The molecule has 0 radical (unpaired) electrons. The minimum absolute atomic E-state index is 0.427. The Labute approximate surface area is 115 Å².